The zero-order valence-electron chi connectivity index (χ0n) is 13.6. The highest BCUT2D eigenvalue weighted by atomic mass is 127. The summed E-state index contributed by atoms with van der Waals surface area (Å²) in [5.41, 5.74) is 6.04. The molecule has 3 N–H and O–H groups in total. The Morgan fingerprint density at radius 3 is 2.22 bits per heavy atom. The van der Waals surface area contributed by atoms with Gasteiger partial charge in [0.25, 0.3) is 0 Å². The first-order valence-corrected chi connectivity index (χ1v) is 7.23. The van der Waals surface area contributed by atoms with Gasteiger partial charge in [-0.15, -0.1) is 37.1 Å². The smallest absolute Gasteiger partial charge is 0.492 e. The maximum Gasteiger partial charge on any atom is 0.573 e. The summed E-state index contributed by atoms with van der Waals surface area (Å²) in [6, 6.07) is 8.03. The van der Waals surface area contributed by atoms with E-state index in [0.717, 1.165) is 24.3 Å². The number of hydrogen-bond acceptors (Lipinski definition) is 3. The third-order valence-electron chi connectivity index (χ3n) is 2.89. The highest BCUT2D eigenvalue weighted by Crippen LogP contribution is 2.23. The van der Waals surface area contributed by atoms with Crippen LogP contribution in [0.4, 0.5) is 27.6 Å². The van der Waals surface area contributed by atoms with Gasteiger partial charge in [0.15, 0.2) is 17.6 Å². The summed E-state index contributed by atoms with van der Waals surface area (Å²) >= 11 is 0. The van der Waals surface area contributed by atoms with E-state index in [1.165, 1.54) is 18.2 Å². The summed E-state index contributed by atoms with van der Waals surface area (Å²) in [5, 5.41) is 2.67. The average molecular weight is 503 g/mol. The third-order valence-corrected chi connectivity index (χ3v) is 2.89. The molecule has 2 aromatic carbocycles. The molecular formula is C16H15F5IN3O2. The Hall–Kier alpha value is -2.31. The lowest BCUT2D eigenvalue weighted by molar-refractivity contribution is -0.274. The molecule has 0 saturated carbocycles. The Morgan fingerprint density at radius 1 is 1.00 bits per heavy atom. The number of nitrogens with two attached hydrogens (primary N) is 1. The van der Waals surface area contributed by atoms with Crippen LogP contribution in [-0.2, 0) is 0 Å². The van der Waals surface area contributed by atoms with E-state index >= 15 is 0 Å². The number of benzene rings is 2. The number of anilines is 1. The van der Waals surface area contributed by atoms with Crippen molar-refractivity contribution in [1.29, 1.82) is 0 Å². The van der Waals surface area contributed by atoms with Crippen molar-refractivity contribution < 1.29 is 31.4 Å². The number of ether oxygens (including phenoxy) is 2. The number of rotatable bonds is 6. The van der Waals surface area contributed by atoms with E-state index < -0.39 is 18.0 Å². The van der Waals surface area contributed by atoms with Crippen LogP contribution in [-0.4, -0.2) is 25.5 Å². The lowest BCUT2D eigenvalue weighted by Crippen LogP contribution is -2.23. The van der Waals surface area contributed by atoms with E-state index in [-0.39, 0.29) is 54.6 Å². The fraction of sp³-hybridized carbons (Fsp3) is 0.188. The highest BCUT2D eigenvalue weighted by molar-refractivity contribution is 14.0. The van der Waals surface area contributed by atoms with Crippen LogP contribution < -0.4 is 20.5 Å². The van der Waals surface area contributed by atoms with Crippen molar-refractivity contribution in [2.24, 2.45) is 10.7 Å². The maximum absolute atomic E-state index is 13.0. The molecule has 0 aliphatic heterocycles. The standard InChI is InChI=1S/C16H14F5N3O2.HI/c17-13-6-5-12(9-14(13)18)25-8-7-23-15(22)24-10-1-3-11(4-2-10)26-16(19,20)21;/h1-6,9H,7-8H2,(H3,22,23,24);1H. The Kier molecular flexibility index (Phi) is 8.53. The first-order chi connectivity index (χ1) is 12.2. The molecule has 5 nitrogen and oxygen atoms in total. The number of nitrogens with zero attached hydrogens (tertiary/aromatic N) is 1. The molecule has 148 valence electrons. The molecule has 0 bridgehead atoms. The van der Waals surface area contributed by atoms with Gasteiger partial charge in [-0.2, -0.15) is 0 Å². The van der Waals surface area contributed by atoms with Crippen LogP contribution in [0.1, 0.15) is 0 Å². The number of alkyl halides is 3. The molecule has 0 fully saturated rings. The summed E-state index contributed by atoms with van der Waals surface area (Å²) in [6.07, 6.45) is -4.76. The molecule has 0 spiro atoms. The van der Waals surface area contributed by atoms with Crippen molar-refractivity contribution in [2.45, 2.75) is 6.36 Å². The van der Waals surface area contributed by atoms with Gasteiger partial charge >= 0.3 is 6.36 Å². The minimum absolute atomic E-state index is 0. The molecule has 0 aromatic heterocycles. The molecular weight excluding hydrogens is 488 g/mol. The van der Waals surface area contributed by atoms with Gasteiger partial charge in [0.2, 0.25) is 0 Å². The largest absolute Gasteiger partial charge is 0.573 e. The van der Waals surface area contributed by atoms with Crippen molar-refractivity contribution in [3.63, 3.8) is 0 Å². The highest BCUT2D eigenvalue weighted by Gasteiger charge is 2.30. The third kappa shape index (κ3) is 8.28. The van der Waals surface area contributed by atoms with Crippen molar-refractivity contribution in [2.75, 3.05) is 18.5 Å². The maximum atomic E-state index is 13.0. The van der Waals surface area contributed by atoms with Crippen LogP contribution in [0.2, 0.25) is 0 Å². The van der Waals surface area contributed by atoms with E-state index in [1.54, 1.807) is 0 Å². The summed E-state index contributed by atoms with van der Waals surface area (Å²) in [7, 11) is 0. The molecule has 0 saturated heterocycles. The van der Waals surface area contributed by atoms with Gasteiger partial charge in [-0.3, -0.25) is 0 Å². The fourth-order valence-corrected chi connectivity index (χ4v) is 1.82. The zero-order chi connectivity index (χ0) is 19.2. The van der Waals surface area contributed by atoms with Gasteiger partial charge in [-0.1, -0.05) is 0 Å². The van der Waals surface area contributed by atoms with E-state index in [0.29, 0.717) is 5.69 Å². The minimum atomic E-state index is -4.76. The SMILES string of the molecule is I.NC(=NCCOc1ccc(F)c(F)c1)Nc1ccc(OC(F)(F)F)cc1. The zero-order valence-corrected chi connectivity index (χ0v) is 15.9. The van der Waals surface area contributed by atoms with Crippen molar-refractivity contribution in [3.05, 3.63) is 54.1 Å². The Balaban J connectivity index is 0.00000364. The number of aliphatic imine (C=N–C) groups is 1. The quantitative estimate of drug-likeness (QED) is 0.203. The average Bonchev–Trinajstić information content (AvgIpc) is 2.55. The lowest BCUT2D eigenvalue weighted by Gasteiger charge is -2.10. The van der Waals surface area contributed by atoms with E-state index in [2.05, 4.69) is 15.0 Å². The molecule has 0 aliphatic rings. The predicted octanol–water partition coefficient (Wildman–Crippen LogP) is 4.29. The molecule has 2 rings (SSSR count). The molecule has 27 heavy (non-hydrogen) atoms. The van der Waals surface area contributed by atoms with Gasteiger partial charge in [0, 0.05) is 11.8 Å². The van der Waals surface area contributed by atoms with E-state index in [4.69, 9.17) is 10.5 Å². The molecule has 0 unspecified atom stereocenters. The van der Waals surface area contributed by atoms with Crippen LogP contribution >= 0.6 is 24.0 Å². The van der Waals surface area contributed by atoms with Crippen LogP contribution in [0, 0.1) is 11.6 Å². The number of guanidine groups is 1. The minimum Gasteiger partial charge on any atom is -0.492 e. The van der Waals surface area contributed by atoms with E-state index in [1.807, 2.05) is 0 Å². The first-order valence-electron chi connectivity index (χ1n) is 7.23. The Bertz CT molecular complexity index is 770. The lowest BCUT2D eigenvalue weighted by atomic mass is 10.3. The second-order valence-corrected chi connectivity index (χ2v) is 4.89. The predicted molar refractivity (Wildman–Crippen MR) is 101 cm³/mol. The van der Waals surface area contributed by atoms with Crippen LogP contribution in [0.3, 0.4) is 0 Å². The van der Waals surface area contributed by atoms with Gasteiger partial charge in [-0.25, -0.2) is 13.8 Å². The fourth-order valence-electron chi connectivity index (χ4n) is 1.82. The van der Waals surface area contributed by atoms with Crippen LogP contribution in [0.5, 0.6) is 11.5 Å². The molecule has 0 amide bonds. The summed E-state index contributed by atoms with van der Waals surface area (Å²) in [6.45, 7) is 0.179. The molecule has 11 heteroatoms. The molecule has 2 aromatic rings. The molecule has 0 radical (unpaired) electrons. The van der Waals surface area contributed by atoms with Crippen molar-refractivity contribution in [1.82, 2.24) is 0 Å². The second kappa shape index (κ2) is 10.1. The van der Waals surface area contributed by atoms with Gasteiger partial charge in [0.05, 0.1) is 6.54 Å². The normalized spacial score (nSPS) is 11.5. The summed E-state index contributed by atoms with van der Waals surface area (Å²) < 4.78 is 70.9. The first kappa shape index (κ1) is 22.7. The van der Waals surface area contributed by atoms with Crippen molar-refractivity contribution in [3.8, 4) is 11.5 Å². The van der Waals surface area contributed by atoms with E-state index in [9.17, 15) is 22.0 Å². The van der Waals surface area contributed by atoms with Crippen LogP contribution in [0.25, 0.3) is 0 Å². The monoisotopic (exact) mass is 503 g/mol. The number of hydrogen-bond donors (Lipinski definition) is 2. The summed E-state index contributed by atoms with van der Waals surface area (Å²) in [4.78, 5) is 3.94. The topological polar surface area (TPSA) is 68.9 Å². The van der Waals surface area contributed by atoms with Crippen LogP contribution in [0.15, 0.2) is 47.5 Å². The molecule has 0 aliphatic carbocycles. The Labute approximate surface area is 168 Å². The van der Waals surface area contributed by atoms with Gasteiger partial charge < -0.3 is 20.5 Å². The molecule has 0 atom stereocenters. The van der Waals surface area contributed by atoms with Gasteiger partial charge in [-0.05, 0) is 36.4 Å². The Morgan fingerprint density at radius 2 is 1.63 bits per heavy atom. The molecule has 0 heterocycles. The number of nitrogens with one attached hydrogen (secondary N) is 1. The van der Waals surface area contributed by atoms with Gasteiger partial charge in [0.1, 0.15) is 18.1 Å². The summed E-state index contributed by atoms with van der Waals surface area (Å²) in [5.74, 6) is -2.21. The number of halogens is 6. The van der Waals surface area contributed by atoms with Crippen molar-refractivity contribution >= 4 is 35.6 Å². The second-order valence-electron chi connectivity index (χ2n) is 4.89.